The van der Waals surface area contributed by atoms with Crippen LogP contribution in [0.2, 0.25) is 0 Å². The molecule has 0 aliphatic carbocycles. The summed E-state index contributed by atoms with van der Waals surface area (Å²) >= 11 is 0. The van der Waals surface area contributed by atoms with E-state index < -0.39 is 5.82 Å². The van der Waals surface area contributed by atoms with E-state index in [1.807, 2.05) is 0 Å². The van der Waals surface area contributed by atoms with E-state index in [4.69, 9.17) is 10.5 Å². The second-order valence-corrected chi connectivity index (χ2v) is 5.56. The highest BCUT2D eigenvalue weighted by Gasteiger charge is 2.31. The van der Waals surface area contributed by atoms with Crippen LogP contribution in [0.15, 0.2) is 24.3 Å². The minimum Gasteiger partial charge on any atom is -0.466 e. The molecule has 1 amide bonds. The number of carbonyl (C=O) groups is 2. The van der Waals surface area contributed by atoms with Crippen LogP contribution in [0.3, 0.4) is 0 Å². The van der Waals surface area contributed by atoms with E-state index >= 15 is 0 Å². The summed E-state index contributed by atoms with van der Waals surface area (Å²) in [6.45, 7) is 2.83. The Kier molecular flexibility index (Phi) is 5.49. The van der Waals surface area contributed by atoms with E-state index in [0.29, 0.717) is 26.1 Å². The van der Waals surface area contributed by atoms with Crippen molar-refractivity contribution >= 4 is 11.9 Å². The van der Waals surface area contributed by atoms with Crippen molar-refractivity contribution in [2.45, 2.75) is 25.8 Å². The molecule has 6 heteroatoms. The zero-order valence-corrected chi connectivity index (χ0v) is 12.6. The van der Waals surface area contributed by atoms with Crippen molar-refractivity contribution in [2.24, 2.45) is 11.7 Å². The van der Waals surface area contributed by atoms with Crippen LogP contribution in [0.5, 0.6) is 0 Å². The molecule has 1 aromatic rings. The van der Waals surface area contributed by atoms with Gasteiger partial charge in [0.1, 0.15) is 5.82 Å². The molecule has 0 radical (unpaired) electrons. The smallest absolute Gasteiger partial charge is 0.306 e. The summed E-state index contributed by atoms with van der Waals surface area (Å²) in [5, 5.41) is 0. The fourth-order valence-electron chi connectivity index (χ4n) is 2.82. The van der Waals surface area contributed by atoms with E-state index in [1.165, 1.54) is 23.1 Å². The molecule has 1 aliphatic rings. The monoisotopic (exact) mass is 308 g/mol. The lowest BCUT2D eigenvalue weighted by Gasteiger charge is -2.36. The molecular formula is C16H21FN2O3. The number of ether oxygens (including phenoxy) is 1. The molecule has 0 spiro atoms. The number of benzene rings is 1. The van der Waals surface area contributed by atoms with Crippen LogP contribution in [0.1, 0.15) is 30.1 Å². The van der Waals surface area contributed by atoms with Crippen LogP contribution in [0.25, 0.3) is 0 Å². The molecule has 2 N–H and O–H groups in total. The third-order valence-electron chi connectivity index (χ3n) is 3.72. The summed E-state index contributed by atoms with van der Waals surface area (Å²) in [5.74, 6) is -1.28. The Hall–Kier alpha value is -1.95. The van der Waals surface area contributed by atoms with Gasteiger partial charge in [0.2, 0.25) is 0 Å². The van der Waals surface area contributed by atoms with Crippen LogP contribution in [-0.2, 0) is 9.53 Å². The number of hydrogen-bond acceptors (Lipinski definition) is 4. The van der Waals surface area contributed by atoms with E-state index in [2.05, 4.69) is 0 Å². The van der Waals surface area contributed by atoms with Crippen molar-refractivity contribution in [1.29, 1.82) is 0 Å². The van der Waals surface area contributed by atoms with Gasteiger partial charge in [-0.3, -0.25) is 9.59 Å². The lowest BCUT2D eigenvalue weighted by atomic mass is 9.91. The zero-order valence-electron chi connectivity index (χ0n) is 12.6. The minimum absolute atomic E-state index is 0.0338. The topological polar surface area (TPSA) is 72.6 Å². The van der Waals surface area contributed by atoms with Gasteiger partial charge in [0.05, 0.1) is 18.6 Å². The van der Waals surface area contributed by atoms with Crippen LogP contribution >= 0.6 is 0 Å². The summed E-state index contributed by atoms with van der Waals surface area (Å²) in [5.41, 5.74) is 6.01. The Labute approximate surface area is 129 Å². The van der Waals surface area contributed by atoms with Gasteiger partial charge < -0.3 is 15.4 Å². The van der Waals surface area contributed by atoms with Gasteiger partial charge in [-0.05, 0) is 31.4 Å². The molecule has 1 fully saturated rings. The van der Waals surface area contributed by atoms with E-state index in [0.717, 1.165) is 0 Å². The number of amides is 1. The molecule has 5 nitrogen and oxygen atoms in total. The normalized spacial score (nSPS) is 21.5. The van der Waals surface area contributed by atoms with Crippen LogP contribution in [0.4, 0.5) is 4.39 Å². The second kappa shape index (κ2) is 7.35. The fourth-order valence-corrected chi connectivity index (χ4v) is 2.82. The number of rotatable bonds is 4. The second-order valence-electron chi connectivity index (χ2n) is 5.56. The Morgan fingerprint density at radius 1 is 1.36 bits per heavy atom. The van der Waals surface area contributed by atoms with Gasteiger partial charge in [-0.2, -0.15) is 0 Å². The van der Waals surface area contributed by atoms with Crippen LogP contribution in [-0.4, -0.2) is 42.5 Å². The number of hydrogen-bond donors (Lipinski definition) is 1. The van der Waals surface area contributed by atoms with Crippen LogP contribution < -0.4 is 5.73 Å². The zero-order chi connectivity index (χ0) is 16.1. The molecule has 1 aromatic carbocycles. The molecule has 0 saturated carbocycles. The Morgan fingerprint density at radius 2 is 2.09 bits per heavy atom. The molecule has 2 rings (SSSR count). The lowest BCUT2D eigenvalue weighted by Crippen LogP contribution is -2.50. The summed E-state index contributed by atoms with van der Waals surface area (Å²) in [6, 6.07) is 5.66. The molecule has 2 unspecified atom stereocenters. The van der Waals surface area contributed by atoms with Crippen molar-refractivity contribution in [1.82, 2.24) is 4.90 Å². The van der Waals surface area contributed by atoms with E-state index in [9.17, 15) is 14.0 Å². The van der Waals surface area contributed by atoms with Crippen molar-refractivity contribution < 1.29 is 18.7 Å². The van der Waals surface area contributed by atoms with Crippen LogP contribution in [0, 0.1) is 11.7 Å². The number of likely N-dealkylation sites (tertiary alicyclic amines) is 1. The summed E-state index contributed by atoms with van der Waals surface area (Å²) in [4.78, 5) is 25.6. The molecule has 22 heavy (non-hydrogen) atoms. The average molecular weight is 308 g/mol. The molecule has 2 atom stereocenters. The molecule has 1 saturated heterocycles. The molecule has 1 aliphatic heterocycles. The van der Waals surface area contributed by atoms with Gasteiger partial charge in [-0.1, -0.05) is 12.1 Å². The fraction of sp³-hybridized carbons (Fsp3) is 0.500. The maximum Gasteiger partial charge on any atom is 0.306 e. The first kappa shape index (κ1) is 16.4. The highest BCUT2D eigenvalue weighted by Crippen LogP contribution is 2.22. The number of piperidine rings is 1. The molecular weight excluding hydrogens is 287 g/mol. The number of nitrogens with zero attached hydrogens (tertiary/aromatic N) is 1. The minimum atomic E-state index is -0.548. The van der Waals surface area contributed by atoms with Gasteiger partial charge in [0, 0.05) is 19.1 Å². The predicted octanol–water partition coefficient (Wildman–Crippen LogP) is 1.57. The van der Waals surface area contributed by atoms with Gasteiger partial charge in [-0.25, -0.2) is 4.39 Å². The number of nitrogens with two attached hydrogens (primary N) is 1. The van der Waals surface area contributed by atoms with E-state index in [-0.39, 0.29) is 35.8 Å². The SMILES string of the molecule is CCOC(=O)CC1CC(N)CN(C(=O)c2ccccc2F)C1. The van der Waals surface area contributed by atoms with E-state index in [1.54, 1.807) is 13.0 Å². The first-order valence-electron chi connectivity index (χ1n) is 7.46. The molecule has 1 heterocycles. The molecule has 0 aromatic heterocycles. The van der Waals surface area contributed by atoms with Crippen molar-refractivity contribution in [3.05, 3.63) is 35.6 Å². The lowest BCUT2D eigenvalue weighted by molar-refractivity contribution is -0.144. The first-order valence-corrected chi connectivity index (χ1v) is 7.46. The number of carbonyl (C=O) groups excluding carboxylic acids is 2. The van der Waals surface area contributed by atoms with Crippen molar-refractivity contribution in [3.8, 4) is 0 Å². The third kappa shape index (κ3) is 4.04. The maximum absolute atomic E-state index is 13.7. The predicted molar refractivity (Wildman–Crippen MR) is 79.6 cm³/mol. The molecule has 120 valence electrons. The van der Waals surface area contributed by atoms with Crippen molar-refractivity contribution in [2.75, 3.05) is 19.7 Å². The number of esters is 1. The number of halogens is 1. The van der Waals surface area contributed by atoms with Gasteiger partial charge in [0.25, 0.3) is 5.91 Å². The van der Waals surface area contributed by atoms with Crippen molar-refractivity contribution in [3.63, 3.8) is 0 Å². The quantitative estimate of drug-likeness (QED) is 0.857. The van der Waals surface area contributed by atoms with Gasteiger partial charge >= 0.3 is 5.97 Å². The molecule has 0 bridgehead atoms. The third-order valence-corrected chi connectivity index (χ3v) is 3.72. The maximum atomic E-state index is 13.7. The van der Waals surface area contributed by atoms with Gasteiger partial charge in [-0.15, -0.1) is 0 Å². The summed E-state index contributed by atoms with van der Waals surface area (Å²) < 4.78 is 18.7. The Balaban J connectivity index is 2.06. The first-order chi connectivity index (χ1) is 10.5. The highest BCUT2D eigenvalue weighted by atomic mass is 19.1. The summed E-state index contributed by atoms with van der Waals surface area (Å²) in [7, 11) is 0. The summed E-state index contributed by atoms with van der Waals surface area (Å²) in [6.07, 6.45) is 0.877. The Bertz CT molecular complexity index is 550. The van der Waals surface area contributed by atoms with Gasteiger partial charge in [0.15, 0.2) is 0 Å². The highest BCUT2D eigenvalue weighted by molar-refractivity contribution is 5.94. The average Bonchev–Trinajstić information content (AvgIpc) is 2.46. The standard InChI is InChI=1S/C16H21FN2O3/c1-2-22-15(20)8-11-7-12(18)10-19(9-11)16(21)13-5-3-4-6-14(13)17/h3-6,11-12H,2,7-10,18H2,1H3. The Morgan fingerprint density at radius 3 is 2.77 bits per heavy atom. The largest absolute Gasteiger partial charge is 0.466 e.